The summed E-state index contributed by atoms with van der Waals surface area (Å²) in [6.07, 6.45) is 1.04. The van der Waals surface area contributed by atoms with Crippen LogP contribution >= 0.6 is 12.4 Å². The molecule has 0 fully saturated rings. The molecule has 0 amide bonds. The Hall–Kier alpha value is -1.29. The molecule has 0 saturated carbocycles. The van der Waals surface area contributed by atoms with Crippen LogP contribution in [0.5, 0.6) is 5.88 Å². The summed E-state index contributed by atoms with van der Waals surface area (Å²) in [5, 5.41) is 3.17. The minimum atomic E-state index is -3.67. The highest BCUT2D eigenvalue weighted by molar-refractivity contribution is 7.89. The molecule has 3 heterocycles. The molecule has 122 valence electrons. The van der Waals surface area contributed by atoms with E-state index in [1.807, 2.05) is 0 Å². The number of sulfonamides is 1. The Morgan fingerprint density at radius 2 is 1.86 bits per heavy atom. The first-order valence-corrected chi connectivity index (χ1v) is 7.72. The lowest BCUT2D eigenvalue weighted by Gasteiger charge is -2.18. The molecule has 2 aliphatic rings. The second kappa shape index (κ2) is 6.45. The number of hydrogen-bond donors (Lipinski definition) is 1. The van der Waals surface area contributed by atoms with Crippen LogP contribution in [0.4, 0.5) is 8.78 Å². The van der Waals surface area contributed by atoms with Gasteiger partial charge in [-0.25, -0.2) is 13.4 Å². The quantitative estimate of drug-likeness (QED) is 0.818. The predicted octanol–water partition coefficient (Wildman–Crippen LogP) is 1.01. The van der Waals surface area contributed by atoms with Crippen molar-refractivity contribution in [2.75, 3.05) is 26.2 Å². The van der Waals surface area contributed by atoms with E-state index in [0.29, 0.717) is 26.2 Å². The van der Waals surface area contributed by atoms with E-state index in [4.69, 9.17) is 0 Å². The van der Waals surface area contributed by atoms with Gasteiger partial charge in [-0.15, -0.1) is 12.4 Å². The molecule has 0 atom stereocenters. The minimum absolute atomic E-state index is 0. The number of rotatable bonds is 4. The SMILES string of the molecule is Cl.O=S(=O)(c1ccc(OC(F)F)nc1)N1CC2=C(CNC2)C1. The molecule has 0 bridgehead atoms. The van der Waals surface area contributed by atoms with Gasteiger partial charge in [0.1, 0.15) is 4.90 Å². The molecular formula is C12H14ClF2N3O3S. The number of ether oxygens (including phenoxy) is 1. The molecular weight excluding hydrogens is 340 g/mol. The van der Waals surface area contributed by atoms with Crippen LogP contribution in [0.3, 0.4) is 0 Å². The fraction of sp³-hybridized carbons (Fsp3) is 0.417. The maximum atomic E-state index is 12.4. The van der Waals surface area contributed by atoms with E-state index in [2.05, 4.69) is 15.0 Å². The highest BCUT2D eigenvalue weighted by Crippen LogP contribution is 2.26. The van der Waals surface area contributed by atoms with E-state index in [1.165, 1.54) is 10.4 Å². The molecule has 1 N–H and O–H groups in total. The summed E-state index contributed by atoms with van der Waals surface area (Å²) in [4.78, 5) is 3.57. The van der Waals surface area contributed by atoms with E-state index < -0.39 is 16.6 Å². The number of nitrogens with one attached hydrogen (secondary N) is 1. The number of halogens is 3. The van der Waals surface area contributed by atoms with Crippen LogP contribution in [-0.4, -0.2) is 50.5 Å². The number of pyridine rings is 1. The second-order valence-corrected chi connectivity index (χ2v) is 6.73. The largest absolute Gasteiger partial charge is 0.417 e. The zero-order valence-corrected chi connectivity index (χ0v) is 13.0. The standard InChI is InChI=1S/C12H13F2N3O3S.ClH/c13-12(14)20-11-2-1-10(5-16-11)21(18,19)17-6-8-3-15-4-9(8)7-17;/h1-2,5,12,15H,3-4,6-7H2;1H. The number of nitrogens with zero attached hydrogens (tertiary/aromatic N) is 2. The van der Waals surface area contributed by atoms with E-state index in [0.717, 1.165) is 23.4 Å². The monoisotopic (exact) mass is 353 g/mol. The molecule has 10 heteroatoms. The summed E-state index contributed by atoms with van der Waals surface area (Å²) in [5.74, 6) is -0.310. The van der Waals surface area contributed by atoms with Crippen molar-refractivity contribution in [3.63, 3.8) is 0 Å². The van der Waals surface area contributed by atoms with Crippen molar-refractivity contribution in [3.8, 4) is 5.88 Å². The van der Waals surface area contributed by atoms with Crippen LogP contribution in [0, 0.1) is 0 Å². The summed E-state index contributed by atoms with van der Waals surface area (Å²) < 4.78 is 54.4. The lowest BCUT2D eigenvalue weighted by molar-refractivity contribution is -0.0529. The number of alkyl halides is 2. The Morgan fingerprint density at radius 1 is 1.23 bits per heavy atom. The summed E-state index contributed by atoms with van der Waals surface area (Å²) in [6, 6.07) is 2.35. The van der Waals surface area contributed by atoms with Crippen LogP contribution < -0.4 is 10.1 Å². The average Bonchev–Trinajstić information content (AvgIpc) is 2.99. The maximum absolute atomic E-state index is 12.4. The van der Waals surface area contributed by atoms with Gasteiger partial charge in [0, 0.05) is 32.2 Å². The van der Waals surface area contributed by atoms with E-state index >= 15 is 0 Å². The van der Waals surface area contributed by atoms with Gasteiger partial charge in [-0.3, -0.25) is 0 Å². The van der Waals surface area contributed by atoms with Gasteiger partial charge < -0.3 is 10.1 Å². The summed E-state index contributed by atoms with van der Waals surface area (Å²) in [6.45, 7) is -0.847. The van der Waals surface area contributed by atoms with Crippen LogP contribution in [0.15, 0.2) is 34.4 Å². The van der Waals surface area contributed by atoms with Gasteiger partial charge in [0.15, 0.2) is 0 Å². The zero-order chi connectivity index (χ0) is 15.0. The van der Waals surface area contributed by atoms with Crippen LogP contribution in [0.1, 0.15) is 0 Å². The highest BCUT2D eigenvalue weighted by atomic mass is 35.5. The van der Waals surface area contributed by atoms with Crippen LogP contribution in [0.25, 0.3) is 0 Å². The molecule has 2 aliphatic heterocycles. The van der Waals surface area contributed by atoms with Crippen molar-refractivity contribution in [3.05, 3.63) is 29.5 Å². The minimum Gasteiger partial charge on any atom is -0.417 e. The maximum Gasteiger partial charge on any atom is 0.388 e. The Bertz CT molecular complexity index is 663. The van der Waals surface area contributed by atoms with Crippen LogP contribution in [-0.2, 0) is 10.0 Å². The molecule has 0 aliphatic carbocycles. The van der Waals surface area contributed by atoms with Crippen LogP contribution in [0.2, 0.25) is 0 Å². The summed E-state index contributed by atoms with van der Waals surface area (Å²) in [5.41, 5.74) is 2.20. The van der Waals surface area contributed by atoms with Crippen molar-refractivity contribution in [1.82, 2.24) is 14.6 Å². The Labute approximate surface area is 132 Å². The van der Waals surface area contributed by atoms with Crippen molar-refractivity contribution < 1.29 is 21.9 Å². The average molecular weight is 354 g/mol. The van der Waals surface area contributed by atoms with Gasteiger partial charge in [-0.1, -0.05) is 0 Å². The van der Waals surface area contributed by atoms with Gasteiger partial charge >= 0.3 is 6.61 Å². The molecule has 3 rings (SSSR count). The first-order chi connectivity index (χ1) is 9.96. The Morgan fingerprint density at radius 3 is 2.36 bits per heavy atom. The summed E-state index contributed by atoms with van der Waals surface area (Å²) in [7, 11) is -3.67. The van der Waals surface area contributed by atoms with Gasteiger partial charge in [-0.2, -0.15) is 13.1 Å². The van der Waals surface area contributed by atoms with Crippen molar-refractivity contribution in [1.29, 1.82) is 0 Å². The van der Waals surface area contributed by atoms with Gasteiger partial charge in [-0.05, 0) is 17.2 Å². The fourth-order valence-electron chi connectivity index (χ4n) is 2.43. The third kappa shape index (κ3) is 3.22. The molecule has 1 aromatic rings. The third-order valence-electron chi connectivity index (χ3n) is 3.47. The Kier molecular flexibility index (Phi) is 5.00. The molecule has 0 unspecified atom stereocenters. The van der Waals surface area contributed by atoms with Gasteiger partial charge in [0.05, 0.1) is 6.20 Å². The third-order valence-corrected chi connectivity index (χ3v) is 5.24. The molecule has 0 saturated heterocycles. The molecule has 1 aromatic heterocycles. The first-order valence-electron chi connectivity index (χ1n) is 6.28. The number of aromatic nitrogens is 1. The first kappa shape index (κ1) is 17.1. The molecule has 0 radical (unpaired) electrons. The predicted molar refractivity (Wildman–Crippen MR) is 76.8 cm³/mol. The summed E-state index contributed by atoms with van der Waals surface area (Å²) >= 11 is 0. The highest BCUT2D eigenvalue weighted by Gasteiger charge is 2.33. The molecule has 0 aromatic carbocycles. The molecule has 0 spiro atoms. The second-order valence-electron chi connectivity index (χ2n) is 4.79. The normalized spacial score (nSPS) is 18.5. The topological polar surface area (TPSA) is 71.5 Å². The lowest BCUT2D eigenvalue weighted by Crippen LogP contribution is -2.32. The van der Waals surface area contributed by atoms with Gasteiger partial charge in [0.2, 0.25) is 15.9 Å². The van der Waals surface area contributed by atoms with Crippen molar-refractivity contribution in [2.24, 2.45) is 0 Å². The smallest absolute Gasteiger partial charge is 0.388 e. The molecule has 6 nitrogen and oxygen atoms in total. The van der Waals surface area contributed by atoms with Crippen molar-refractivity contribution >= 4 is 22.4 Å². The van der Waals surface area contributed by atoms with E-state index in [9.17, 15) is 17.2 Å². The lowest BCUT2D eigenvalue weighted by atomic mass is 10.2. The Balaban J connectivity index is 0.00000176. The van der Waals surface area contributed by atoms with E-state index in [1.54, 1.807) is 0 Å². The fourth-order valence-corrected chi connectivity index (χ4v) is 3.81. The zero-order valence-electron chi connectivity index (χ0n) is 11.3. The van der Waals surface area contributed by atoms with Crippen molar-refractivity contribution in [2.45, 2.75) is 11.5 Å². The molecule has 22 heavy (non-hydrogen) atoms. The van der Waals surface area contributed by atoms with E-state index in [-0.39, 0.29) is 23.2 Å². The van der Waals surface area contributed by atoms with Gasteiger partial charge in [0.25, 0.3) is 0 Å². The number of hydrogen-bond acceptors (Lipinski definition) is 5.